The Hall–Kier alpha value is -0.423. The molecule has 0 aromatic carbocycles. The first-order valence-electron chi connectivity index (χ1n) is 9.08. The van der Waals surface area contributed by atoms with Crippen LogP contribution < -0.4 is 0 Å². The second-order valence-electron chi connectivity index (χ2n) is 6.60. The molecule has 23 heavy (non-hydrogen) atoms. The molecule has 0 atom stereocenters. The van der Waals surface area contributed by atoms with Gasteiger partial charge in [-0.1, -0.05) is 37.6 Å². The highest BCUT2D eigenvalue weighted by molar-refractivity contribution is 6.29. The van der Waals surface area contributed by atoms with Crippen LogP contribution >= 0.6 is 0 Å². The van der Waals surface area contributed by atoms with Crippen molar-refractivity contribution < 1.29 is 13.9 Å². The molecule has 0 aliphatic carbocycles. The Labute approximate surface area is 146 Å². The molecule has 0 radical (unpaired) electrons. The standard InChI is InChI=1S/C19H38O3Si/c1-6-7-14-22-23-19(10-8-12-20-15-17(2)3)11-9-13-21-16-18(4)5/h19H,2,4,6-16,23H2,1,3,5H3. The van der Waals surface area contributed by atoms with E-state index in [1.807, 2.05) is 13.8 Å². The van der Waals surface area contributed by atoms with Crippen LogP contribution in [0.2, 0.25) is 5.54 Å². The Morgan fingerprint density at radius 3 is 1.83 bits per heavy atom. The van der Waals surface area contributed by atoms with Gasteiger partial charge >= 0.3 is 0 Å². The lowest BCUT2D eigenvalue weighted by Gasteiger charge is -2.17. The van der Waals surface area contributed by atoms with Gasteiger partial charge in [0.05, 0.1) is 13.2 Å². The zero-order valence-electron chi connectivity index (χ0n) is 15.7. The predicted octanol–water partition coefficient (Wildman–Crippen LogP) is 4.42. The van der Waals surface area contributed by atoms with Crippen LogP contribution in [0.3, 0.4) is 0 Å². The molecular formula is C19H38O3Si. The lowest BCUT2D eigenvalue weighted by Crippen LogP contribution is -2.12. The lowest BCUT2D eigenvalue weighted by atomic mass is 10.1. The fourth-order valence-corrected chi connectivity index (χ4v) is 3.86. The summed E-state index contributed by atoms with van der Waals surface area (Å²) in [4.78, 5) is 0. The summed E-state index contributed by atoms with van der Waals surface area (Å²) >= 11 is 0. The van der Waals surface area contributed by atoms with Crippen molar-refractivity contribution >= 4 is 9.76 Å². The van der Waals surface area contributed by atoms with Gasteiger partial charge in [-0.25, -0.2) is 0 Å². The minimum atomic E-state index is -0.441. The van der Waals surface area contributed by atoms with E-state index in [2.05, 4.69) is 20.1 Å². The SMILES string of the molecule is C=C(C)COCCCC(CCCOCC(=C)C)[SiH2]OCCCC. The summed E-state index contributed by atoms with van der Waals surface area (Å²) in [5, 5.41) is 0. The van der Waals surface area contributed by atoms with E-state index in [1.54, 1.807) is 0 Å². The molecule has 0 bridgehead atoms. The van der Waals surface area contributed by atoms with Crippen LogP contribution in [-0.4, -0.2) is 42.8 Å². The molecule has 0 saturated carbocycles. The van der Waals surface area contributed by atoms with Gasteiger partial charge in [-0.3, -0.25) is 0 Å². The minimum Gasteiger partial charge on any atom is -0.424 e. The highest BCUT2D eigenvalue weighted by Crippen LogP contribution is 2.20. The van der Waals surface area contributed by atoms with Gasteiger partial charge in [-0.05, 0) is 51.5 Å². The Morgan fingerprint density at radius 2 is 1.39 bits per heavy atom. The fraction of sp³-hybridized carbons (Fsp3) is 0.789. The third-order valence-corrected chi connectivity index (χ3v) is 5.31. The molecule has 0 fully saturated rings. The molecule has 0 aliphatic rings. The van der Waals surface area contributed by atoms with Crippen LogP contribution in [0.4, 0.5) is 0 Å². The number of rotatable bonds is 17. The van der Waals surface area contributed by atoms with E-state index in [4.69, 9.17) is 13.9 Å². The summed E-state index contributed by atoms with van der Waals surface area (Å²) in [5.41, 5.74) is 2.93. The van der Waals surface area contributed by atoms with E-state index in [9.17, 15) is 0 Å². The first-order chi connectivity index (χ1) is 11.1. The van der Waals surface area contributed by atoms with Crippen LogP contribution in [0.5, 0.6) is 0 Å². The van der Waals surface area contributed by atoms with E-state index >= 15 is 0 Å². The maximum atomic E-state index is 5.96. The van der Waals surface area contributed by atoms with Crippen molar-refractivity contribution in [3.05, 3.63) is 24.3 Å². The van der Waals surface area contributed by atoms with Gasteiger partial charge in [0.2, 0.25) is 0 Å². The van der Waals surface area contributed by atoms with Gasteiger partial charge in [0, 0.05) is 19.8 Å². The summed E-state index contributed by atoms with van der Waals surface area (Å²) in [6, 6.07) is 0. The van der Waals surface area contributed by atoms with Crippen molar-refractivity contribution in [2.45, 2.75) is 64.8 Å². The molecule has 136 valence electrons. The molecule has 0 aromatic rings. The summed E-state index contributed by atoms with van der Waals surface area (Å²) in [6.07, 6.45) is 7.07. The molecular weight excluding hydrogens is 304 g/mol. The van der Waals surface area contributed by atoms with Crippen molar-refractivity contribution in [3.8, 4) is 0 Å². The molecule has 0 N–H and O–H groups in total. The zero-order chi connectivity index (χ0) is 17.3. The van der Waals surface area contributed by atoms with Gasteiger partial charge in [0.1, 0.15) is 0 Å². The average Bonchev–Trinajstić information content (AvgIpc) is 2.49. The number of hydrogen-bond acceptors (Lipinski definition) is 3. The molecule has 0 rings (SSSR count). The Morgan fingerprint density at radius 1 is 0.870 bits per heavy atom. The Bertz CT molecular complexity index is 281. The largest absolute Gasteiger partial charge is 0.424 e. The van der Waals surface area contributed by atoms with Crippen LogP contribution in [0, 0.1) is 0 Å². The number of ether oxygens (including phenoxy) is 2. The van der Waals surface area contributed by atoms with E-state index in [1.165, 1.54) is 25.7 Å². The Balaban J connectivity index is 3.83. The van der Waals surface area contributed by atoms with Crippen LogP contribution in [0.25, 0.3) is 0 Å². The number of hydrogen-bond donors (Lipinski definition) is 0. The molecule has 0 spiro atoms. The second-order valence-corrected chi connectivity index (χ2v) is 8.49. The van der Waals surface area contributed by atoms with Gasteiger partial charge in [-0.2, -0.15) is 0 Å². The van der Waals surface area contributed by atoms with E-state index in [0.29, 0.717) is 13.2 Å². The third-order valence-electron chi connectivity index (χ3n) is 3.49. The van der Waals surface area contributed by atoms with Gasteiger partial charge < -0.3 is 13.9 Å². The van der Waals surface area contributed by atoms with Crippen molar-refractivity contribution in [3.63, 3.8) is 0 Å². The van der Waals surface area contributed by atoms with Crippen molar-refractivity contribution in [2.24, 2.45) is 0 Å². The summed E-state index contributed by atoms with van der Waals surface area (Å²) in [5.74, 6) is 0. The molecule has 0 aliphatic heterocycles. The molecule has 0 unspecified atom stereocenters. The van der Waals surface area contributed by atoms with Crippen molar-refractivity contribution in [2.75, 3.05) is 33.0 Å². The third kappa shape index (κ3) is 17.8. The molecule has 0 saturated heterocycles. The maximum Gasteiger partial charge on any atom is 0.164 e. The summed E-state index contributed by atoms with van der Waals surface area (Å²) in [7, 11) is -0.441. The Kier molecular flexibility index (Phi) is 16.1. The smallest absolute Gasteiger partial charge is 0.164 e. The monoisotopic (exact) mass is 342 g/mol. The van der Waals surface area contributed by atoms with E-state index in [0.717, 1.165) is 49.3 Å². The normalized spacial score (nSPS) is 11.7. The first kappa shape index (κ1) is 22.6. The van der Waals surface area contributed by atoms with Gasteiger partial charge in [0.15, 0.2) is 9.76 Å². The summed E-state index contributed by atoms with van der Waals surface area (Å²) in [6.45, 7) is 17.9. The predicted molar refractivity (Wildman–Crippen MR) is 103 cm³/mol. The highest BCUT2D eigenvalue weighted by atomic mass is 28.2. The van der Waals surface area contributed by atoms with Crippen LogP contribution in [0.1, 0.15) is 59.3 Å². The second kappa shape index (κ2) is 16.4. The quantitative estimate of drug-likeness (QED) is 0.222. The lowest BCUT2D eigenvalue weighted by molar-refractivity contribution is 0.145. The molecule has 0 aromatic heterocycles. The highest BCUT2D eigenvalue weighted by Gasteiger charge is 2.10. The molecule has 3 nitrogen and oxygen atoms in total. The molecule has 4 heteroatoms. The van der Waals surface area contributed by atoms with E-state index < -0.39 is 9.76 Å². The average molecular weight is 343 g/mol. The van der Waals surface area contributed by atoms with Gasteiger partial charge in [-0.15, -0.1) is 0 Å². The van der Waals surface area contributed by atoms with Crippen LogP contribution in [-0.2, 0) is 13.9 Å². The number of unbranched alkanes of at least 4 members (excludes halogenated alkanes) is 1. The van der Waals surface area contributed by atoms with Gasteiger partial charge in [0.25, 0.3) is 0 Å². The topological polar surface area (TPSA) is 27.7 Å². The maximum absolute atomic E-state index is 5.96. The summed E-state index contributed by atoms with van der Waals surface area (Å²) < 4.78 is 17.2. The fourth-order valence-electron chi connectivity index (χ4n) is 2.25. The van der Waals surface area contributed by atoms with Crippen molar-refractivity contribution in [1.82, 2.24) is 0 Å². The molecule has 0 amide bonds. The minimum absolute atomic E-state index is 0.441. The van der Waals surface area contributed by atoms with Crippen LogP contribution in [0.15, 0.2) is 24.3 Å². The first-order valence-corrected chi connectivity index (χ1v) is 10.5. The molecule has 0 heterocycles. The van der Waals surface area contributed by atoms with E-state index in [-0.39, 0.29) is 0 Å². The zero-order valence-corrected chi connectivity index (χ0v) is 17.1. The van der Waals surface area contributed by atoms with Crippen molar-refractivity contribution in [1.29, 1.82) is 0 Å².